The Morgan fingerprint density at radius 3 is 2.38 bits per heavy atom. The number of hydrogen-bond donors (Lipinski definition) is 3. The molecule has 186 valence electrons. The van der Waals surface area contributed by atoms with Gasteiger partial charge in [-0.1, -0.05) is 18.2 Å². The third-order valence-corrected chi connectivity index (χ3v) is 6.35. The molecule has 1 amide bonds. The second kappa shape index (κ2) is 17.1. The zero-order valence-corrected chi connectivity index (χ0v) is 20.5. The van der Waals surface area contributed by atoms with Gasteiger partial charge in [-0.15, -0.1) is 0 Å². The summed E-state index contributed by atoms with van der Waals surface area (Å²) >= 11 is 0. The lowest BCUT2D eigenvalue weighted by molar-refractivity contribution is -0.138. The zero-order chi connectivity index (χ0) is 24.4. The Labute approximate surface area is 202 Å². The molecule has 0 saturated carbocycles. The van der Waals surface area contributed by atoms with Crippen molar-refractivity contribution < 1.29 is 28.7 Å². The quantitative estimate of drug-likeness (QED) is 0.214. The van der Waals surface area contributed by atoms with Gasteiger partial charge < -0.3 is 24.4 Å². The summed E-state index contributed by atoms with van der Waals surface area (Å²) in [7, 11) is -0.800. The molecule has 0 fully saturated rings. The highest BCUT2D eigenvalue weighted by molar-refractivity contribution is 7.49. The number of pyridine rings is 1. The minimum Gasteiger partial charge on any atom is -0.481 e. The van der Waals surface area contributed by atoms with E-state index >= 15 is 0 Å². The maximum absolute atomic E-state index is 12.1. The summed E-state index contributed by atoms with van der Waals surface area (Å²) < 4.78 is 16.4. The number of benzene rings is 1. The first kappa shape index (κ1) is 27.8. The minimum atomic E-state index is -0.894. The van der Waals surface area contributed by atoms with Gasteiger partial charge in [0.2, 0.25) is 5.91 Å². The van der Waals surface area contributed by atoms with E-state index < -0.39 is 14.3 Å². The van der Waals surface area contributed by atoms with Gasteiger partial charge >= 0.3 is 5.97 Å². The van der Waals surface area contributed by atoms with E-state index in [2.05, 4.69) is 15.4 Å². The van der Waals surface area contributed by atoms with E-state index in [-0.39, 0.29) is 32.0 Å². The molecule has 1 aromatic heterocycles. The lowest BCUT2D eigenvalue weighted by Gasteiger charge is -2.18. The van der Waals surface area contributed by atoms with E-state index in [9.17, 15) is 9.59 Å². The Morgan fingerprint density at radius 2 is 1.74 bits per heavy atom. The maximum Gasteiger partial charge on any atom is 0.305 e. The number of carbonyl (C=O) groups is 2. The number of nitrogens with zero attached hydrogens (tertiary/aromatic N) is 1. The number of hydrogen-bond acceptors (Lipinski definition) is 7. The number of carboxylic acid groups (broad SMARTS) is 1. The molecule has 0 spiro atoms. The molecule has 1 aromatic carbocycles. The second-order valence-corrected chi connectivity index (χ2v) is 8.94. The molecule has 1 unspecified atom stereocenters. The molecule has 0 aliphatic rings. The first-order valence-corrected chi connectivity index (χ1v) is 12.8. The van der Waals surface area contributed by atoms with Gasteiger partial charge in [0.15, 0.2) is 0 Å². The number of amides is 1. The zero-order valence-electron chi connectivity index (χ0n) is 19.6. The molecule has 1 atom stereocenters. The standard InChI is InChI=1S/C24H34N3O6P/c1-2-33-34(26-14-10-21-5-3-4-13-25-21)19-20-6-8-22(9-7-20)27-23(28)11-15-31-17-18-32-16-12-24(29)30/h3-9,13,26H,2,10-12,14-19H2,1H3,(H,27,28)(H,29,30). The van der Waals surface area contributed by atoms with Crippen LogP contribution in [0.3, 0.4) is 0 Å². The van der Waals surface area contributed by atoms with Crippen LogP contribution in [-0.4, -0.2) is 61.5 Å². The average Bonchev–Trinajstić information content (AvgIpc) is 2.82. The van der Waals surface area contributed by atoms with Crippen molar-refractivity contribution >= 4 is 25.9 Å². The number of ether oxygens (including phenoxy) is 2. The first-order valence-electron chi connectivity index (χ1n) is 11.4. The molecular formula is C24H34N3O6P. The van der Waals surface area contributed by atoms with Gasteiger partial charge in [0, 0.05) is 43.3 Å². The Hall–Kier alpha value is -2.42. The average molecular weight is 492 g/mol. The molecule has 10 heteroatoms. The molecule has 0 saturated heterocycles. The monoisotopic (exact) mass is 491 g/mol. The fourth-order valence-electron chi connectivity index (χ4n) is 2.89. The predicted octanol–water partition coefficient (Wildman–Crippen LogP) is 3.60. The van der Waals surface area contributed by atoms with Crippen LogP contribution in [-0.2, 0) is 36.2 Å². The Balaban J connectivity index is 1.64. The smallest absolute Gasteiger partial charge is 0.305 e. The summed E-state index contributed by atoms with van der Waals surface area (Å²) in [6.45, 7) is 4.49. The third-order valence-electron chi connectivity index (χ3n) is 4.55. The lowest BCUT2D eigenvalue weighted by atomic mass is 10.2. The first-order chi connectivity index (χ1) is 16.6. The number of nitrogens with one attached hydrogen (secondary N) is 2. The van der Waals surface area contributed by atoms with Crippen molar-refractivity contribution in [2.45, 2.75) is 32.3 Å². The van der Waals surface area contributed by atoms with Crippen LogP contribution >= 0.6 is 8.30 Å². The van der Waals surface area contributed by atoms with Crippen molar-refractivity contribution in [1.82, 2.24) is 10.1 Å². The van der Waals surface area contributed by atoms with E-state index in [1.807, 2.05) is 49.4 Å². The van der Waals surface area contributed by atoms with Crippen LogP contribution in [0.2, 0.25) is 0 Å². The Morgan fingerprint density at radius 1 is 1.00 bits per heavy atom. The lowest BCUT2D eigenvalue weighted by Crippen LogP contribution is -2.16. The molecule has 0 aliphatic carbocycles. The number of carboxylic acids is 1. The van der Waals surface area contributed by atoms with Crippen LogP contribution in [0.15, 0.2) is 48.7 Å². The molecule has 2 rings (SSSR count). The minimum absolute atomic E-state index is 0.0308. The van der Waals surface area contributed by atoms with Crippen LogP contribution in [0, 0.1) is 0 Å². The van der Waals surface area contributed by atoms with Crippen LogP contribution in [0.25, 0.3) is 0 Å². The highest BCUT2D eigenvalue weighted by atomic mass is 31.2. The van der Waals surface area contributed by atoms with Crippen molar-refractivity contribution in [2.75, 3.05) is 44.9 Å². The molecule has 0 radical (unpaired) electrons. The van der Waals surface area contributed by atoms with E-state index in [1.165, 1.54) is 0 Å². The maximum atomic E-state index is 12.1. The van der Waals surface area contributed by atoms with Crippen molar-refractivity contribution in [3.8, 4) is 0 Å². The van der Waals surface area contributed by atoms with Gasteiger partial charge in [-0.2, -0.15) is 0 Å². The molecule has 0 bridgehead atoms. The fourth-order valence-corrected chi connectivity index (χ4v) is 4.40. The summed E-state index contributed by atoms with van der Waals surface area (Å²) in [5, 5.41) is 14.9. The number of aromatic nitrogens is 1. The fraction of sp³-hybridized carbons (Fsp3) is 0.458. The van der Waals surface area contributed by atoms with Gasteiger partial charge in [-0.05, 0) is 36.8 Å². The van der Waals surface area contributed by atoms with Gasteiger partial charge in [0.05, 0.1) is 39.3 Å². The van der Waals surface area contributed by atoms with Gasteiger partial charge in [0.25, 0.3) is 0 Å². The molecule has 9 nitrogen and oxygen atoms in total. The van der Waals surface area contributed by atoms with Crippen molar-refractivity contribution in [3.05, 3.63) is 59.9 Å². The van der Waals surface area contributed by atoms with Gasteiger partial charge in [-0.3, -0.25) is 19.7 Å². The molecule has 3 N–H and O–H groups in total. The normalized spacial score (nSPS) is 11.8. The summed E-state index contributed by atoms with van der Waals surface area (Å²) in [6, 6.07) is 13.7. The SMILES string of the molecule is CCOP(Cc1ccc(NC(=O)CCOCCOCCC(=O)O)cc1)NCCc1ccccn1. The Kier molecular flexibility index (Phi) is 14.0. The number of rotatable bonds is 18. The van der Waals surface area contributed by atoms with Crippen molar-refractivity contribution in [2.24, 2.45) is 0 Å². The van der Waals surface area contributed by atoms with E-state index in [4.69, 9.17) is 19.1 Å². The van der Waals surface area contributed by atoms with E-state index in [1.54, 1.807) is 6.20 Å². The number of anilines is 1. The number of aliphatic carboxylic acids is 1. The highest BCUT2D eigenvalue weighted by Crippen LogP contribution is 2.36. The molecule has 1 heterocycles. The number of carbonyl (C=O) groups excluding carboxylic acids is 1. The van der Waals surface area contributed by atoms with Crippen LogP contribution in [0.4, 0.5) is 5.69 Å². The molecule has 0 aliphatic heterocycles. The highest BCUT2D eigenvalue weighted by Gasteiger charge is 2.10. The van der Waals surface area contributed by atoms with Crippen LogP contribution in [0.5, 0.6) is 0 Å². The van der Waals surface area contributed by atoms with Gasteiger partial charge in [-0.25, -0.2) is 0 Å². The molecule has 2 aromatic rings. The van der Waals surface area contributed by atoms with Crippen molar-refractivity contribution in [3.63, 3.8) is 0 Å². The van der Waals surface area contributed by atoms with E-state index in [0.717, 1.165) is 36.1 Å². The van der Waals surface area contributed by atoms with Crippen LogP contribution < -0.4 is 10.4 Å². The summed E-state index contributed by atoms with van der Waals surface area (Å²) in [5.41, 5.74) is 2.92. The second-order valence-electron chi connectivity index (χ2n) is 7.30. The largest absolute Gasteiger partial charge is 0.481 e. The molecule has 34 heavy (non-hydrogen) atoms. The third kappa shape index (κ3) is 12.7. The molecular weight excluding hydrogens is 457 g/mol. The Bertz CT molecular complexity index is 838. The summed E-state index contributed by atoms with van der Waals surface area (Å²) in [5.74, 6) is -1.03. The topological polar surface area (TPSA) is 119 Å². The van der Waals surface area contributed by atoms with Gasteiger partial charge in [0.1, 0.15) is 8.30 Å². The predicted molar refractivity (Wildman–Crippen MR) is 132 cm³/mol. The van der Waals surface area contributed by atoms with E-state index in [0.29, 0.717) is 19.8 Å². The van der Waals surface area contributed by atoms with Crippen molar-refractivity contribution in [1.29, 1.82) is 0 Å². The summed E-state index contributed by atoms with van der Waals surface area (Å²) in [4.78, 5) is 26.8. The summed E-state index contributed by atoms with van der Waals surface area (Å²) in [6.07, 6.45) is 3.63. The van der Waals surface area contributed by atoms with Crippen LogP contribution in [0.1, 0.15) is 31.0 Å².